The zero-order chi connectivity index (χ0) is 16.3. The van der Waals surface area contributed by atoms with Crippen LogP contribution in [0.3, 0.4) is 0 Å². The number of halogens is 2. The summed E-state index contributed by atoms with van der Waals surface area (Å²) in [5.74, 6) is -1.26. The van der Waals surface area contributed by atoms with Crippen LogP contribution in [-0.4, -0.2) is 28.7 Å². The maximum Gasteiger partial charge on any atom is 0.131 e. The molecule has 118 valence electrons. The number of aromatic hydroxyl groups is 1. The van der Waals surface area contributed by atoms with Gasteiger partial charge in [-0.1, -0.05) is 18.2 Å². The van der Waals surface area contributed by atoms with Crippen molar-refractivity contribution in [1.29, 1.82) is 0 Å². The number of phenols is 1. The Kier molecular flexibility index (Phi) is 5.11. The van der Waals surface area contributed by atoms with E-state index in [0.717, 1.165) is 17.7 Å². The summed E-state index contributed by atoms with van der Waals surface area (Å²) in [4.78, 5) is 1.84. The first-order chi connectivity index (χ1) is 10.4. The predicted molar refractivity (Wildman–Crippen MR) is 80.5 cm³/mol. The summed E-state index contributed by atoms with van der Waals surface area (Å²) in [5.41, 5.74) is 0.950. The normalized spacial score (nSPS) is 14.1. The quantitative estimate of drug-likeness (QED) is 0.890. The summed E-state index contributed by atoms with van der Waals surface area (Å²) in [6, 6.07) is 9.90. The number of hydrogen-bond donors (Lipinski definition) is 2. The Morgan fingerprint density at radius 2 is 1.86 bits per heavy atom. The Balaban J connectivity index is 2.08. The largest absolute Gasteiger partial charge is 0.508 e. The molecule has 2 N–H and O–H groups in total. The summed E-state index contributed by atoms with van der Waals surface area (Å²) < 4.78 is 26.6. The number of aliphatic hydroxyl groups excluding tert-OH is 1. The highest BCUT2D eigenvalue weighted by atomic mass is 19.1. The fraction of sp³-hybridized carbons (Fsp3) is 0.294. The molecule has 2 unspecified atom stereocenters. The van der Waals surface area contributed by atoms with E-state index in [2.05, 4.69) is 0 Å². The third-order valence-electron chi connectivity index (χ3n) is 3.80. The topological polar surface area (TPSA) is 43.7 Å². The Morgan fingerprint density at radius 3 is 2.50 bits per heavy atom. The van der Waals surface area contributed by atoms with Gasteiger partial charge in [-0.3, -0.25) is 4.90 Å². The first-order valence-corrected chi connectivity index (χ1v) is 7.00. The van der Waals surface area contributed by atoms with Crippen LogP contribution >= 0.6 is 0 Å². The van der Waals surface area contributed by atoms with Crippen LogP contribution < -0.4 is 0 Å². The minimum Gasteiger partial charge on any atom is -0.508 e. The molecule has 0 amide bonds. The standard InChI is InChI=1S/C17H19F2NO2/c1-11(12-4-3-5-14(21)8-12)20(2)10-17(22)15-7-6-13(18)9-16(15)19/h3-9,11,17,21-22H,10H2,1-2H3. The van der Waals surface area contributed by atoms with E-state index in [1.165, 1.54) is 6.07 Å². The number of aliphatic hydroxyl groups is 1. The van der Waals surface area contributed by atoms with E-state index in [-0.39, 0.29) is 23.9 Å². The van der Waals surface area contributed by atoms with Gasteiger partial charge in [-0.25, -0.2) is 8.78 Å². The van der Waals surface area contributed by atoms with Crippen LogP contribution in [-0.2, 0) is 0 Å². The van der Waals surface area contributed by atoms with E-state index < -0.39 is 17.7 Å². The summed E-state index contributed by atoms with van der Waals surface area (Å²) >= 11 is 0. The van der Waals surface area contributed by atoms with Crippen LogP contribution in [0, 0.1) is 11.6 Å². The fourth-order valence-corrected chi connectivity index (χ4v) is 2.34. The molecule has 0 aromatic heterocycles. The van der Waals surface area contributed by atoms with E-state index in [0.29, 0.717) is 0 Å². The van der Waals surface area contributed by atoms with Crippen molar-refractivity contribution in [1.82, 2.24) is 4.90 Å². The first-order valence-electron chi connectivity index (χ1n) is 7.00. The molecular weight excluding hydrogens is 288 g/mol. The first kappa shape index (κ1) is 16.4. The number of phenolic OH excluding ortho intramolecular Hbond substituents is 1. The maximum absolute atomic E-state index is 13.7. The van der Waals surface area contributed by atoms with Gasteiger partial charge >= 0.3 is 0 Å². The SMILES string of the molecule is CC(c1cccc(O)c1)N(C)CC(O)c1ccc(F)cc1F. The molecule has 22 heavy (non-hydrogen) atoms. The van der Waals surface area contributed by atoms with E-state index in [9.17, 15) is 19.0 Å². The number of benzene rings is 2. The molecule has 0 saturated carbocycles. The van der Waals surface area contributed by atoms with Gasteiger partial charge in [0.25, 0.3) is 0 Å². The average molecular weight is 307 g/mol. The fourth-order valence-electron chi connectivity index (χ4n) is 2.34. The zero-order valence-electron chi connectivity index (χ0n) is 12.5. The minimum atomic E-state index is -1.06. The Morgan fingerprint density at radius 1 is 1.14 bits per heavy atom. The van der Waals surface area contributed by atoms with E-state index in [1.807, 2.05) is 17.9 Å². The highest BCUT2D eigenvalue weighted by Crippen LogP contribution is 2.25. The van der Waals surface area contributed by atoms with E-state index >= 15 is 0 Å². The number of likely N-dealkylation sites (N-methyl/N-ethyl adjacent to an activating group) is 1. The molecule has 3 nitrogen and oxygen atoms in total. The summed E-state index contributed by atoms with van der Waals surface area (Å²) in [7, 11) is 1.79. The predicted octanol–water partition coefficient (Wildman–Crippen LogP) is 3.40. The number of nitrogens with zero attached hydrogens (tertiary/aromatic N) is 1. The molecule has 0 radical (unpaired) electrons. The van der Waals surface area contributed by atoms with Crippen LogP contribution in [0.1, 0.15) is 30.2 Å². The highest BCUT2D eigenvalue weighted by Gasteiger charge is 2.19. The molecule has 2 aromatic carbocycles. The zero-order valence-corrected chi connectivity index (χ0v) is 12.5. The molecule has 0 saturated heterocycles. The van der Waals surface area contributed by atoms with Crippen molar-refractivity contribution in [3.63, 3.8) is 0 Å². The van der Waals surface area contributed by atoms with Gasteiger partial charge in [0.2, 0.25) is 0 Å². The molecule has 0 aliphatic rings. The third kappa shape index (κ3) is 3.81. The molecular formula is C17H19F2NO2. The highest BCUT2D eigenvalue weighted by molar-refractivity contribution is 5.29. The van der Waals surface area contributed by atoms with Gasteiger partial charge in [0, 0.05) is 24.2 Å². The van der Waals surface area contributed by atoms with Gasteiger partial charge in [-0.15, -0.1) is 0 Å². The molecule has 2 aromatic rings. The van der Waals surface area contributed by atoms with Crippen molar-refractivity contribution in [2.75, 3.05) is 13.6 Å². The lowest BCUT2D eigenvalue weighted by Crippen LogP contribution is -2.28. The Hall–Kier alpha value is -1.98. The lowest BCUT2D eigenvalue weighted by atomic mass is 10.0. The molecule has 0 aliphatic heterocycles. The second-order valence-electron chi connectivity index (χ2n) is 5.39. The second-order valence-corrected chi connectivity index (χ2v) is 5.39. The Labute approximate surface area is 128 Å². The van der Waals surface area contributed by atoms with Crippen molar-refractivity contribution in [2.45, 2.75) is 19.1 Å². The molecule has 0 bridgehead atoms. The third-order valence-corrected chi connectivity index (χ3v) is 3.80. The minimum absolute atomic E-state index is 0.0661. The molecule has 2 atom stereocenters. The average Bonchev–Trinajstić information content (AvgIpc) is 2.46. The maximum atomic E-state index is 13.7. The smallest absolute Gasteiger partial charge is 0.131 e. The second kappa shape index (κ2) is 6.85. The van der Waals surface area contributed by atoms with Crippen LogP contribution in [0.4, 0.5) is 8.78 Å². The lowest BCUT2D eigenvalue weighted by Gasteiger charge is -2.27. The molecule has 0 fully saturated rings. The van der Waals surface area contributed by atoms with Crippen molar-refractivity contribution in [2.24, 2.45) is 0 Å². The summed E-state index contributed by atoms with van der Waals surface area (Å²) in [6.07, 6.45) is -1.06. The number of hydrogen-bond acceptors (Lipinski definition) is 3. The van der Waals surface area contributed by atoms with Crippen LogP contribution in [0.25, 0.3) is 0 Å². The van der Waals surface area contributed by atoms with Gasteiger partial charge in [0.1, 0.15) is 17.4 Å². The van der Waals surface area contributed by atoms with Gasteiger partial charge in [0.15, 0.2) is 0 Å². The summed E-state index contributed by atoms with van der Waals surface area (Å²) in [5, 5.41) is 19.7. The van der Waals surface area contributed by atoms with Gasteiger partial charge in [-0.2, -0.15) is 0 Å². The van der Waals surface area contributed by atoms with Gasteiger partial charge in [0.05, 0.1) is 6.10 Å². The van der Waals surface area contributed by atoms with E-state index in [4.69, 9.17) is 0 Å². The molecule has 0 aliphatic carbocycles. The molecule has 0 spiro atoms. The van der Waals surface area contributed by atoms with Crippen molar-refractivity contribution >= 4 is 0 Å². The molecule has 5 heteroatoms. The van der Waals surface area contributed by atoms with E-state index in [1.54, 1.807) is 25.2 Å². The van der Waals surface area contributed by atoms with Crippen molar-refractivity contribution in [3.05, 3.63) is 65.2 Å². The lowest BCUT2D eigenvalue weighted by molar-refractivity contribution is 0.105. The number of rotatable bonds is 5. The van der Waals surface area contributed by atoms with Crippen molar-refractivity contribution in [3.8, 4) is 5.75 Å². The van der Waals surface area contributed by atoms with Gasteiger partial charge in [-0.05, 0) is 37.7 Å². The molecule has 2 rings (SSSR count). The Bertz CT molecular complexity index is 648. The molecule has 0 heterocycles. The monoisotopic (exact) mass is 307 g/mol. The van der Waals surface area contributed by atoms with Gasteiger partial charge < -0.3 is 10.2 Å². The van der Waals surface area contributed by atoms with Crippen molar-refractivity contribution < 1.29 is 19.0 Å². The van der Waals surface area contributed by atoms with Crippen LogP contribution in [0.15, 0.2) is 42.5 Å². The van der Waals surface area contributed by atoms with Crippen LogP contribution in [0.2, 0.25) is 0 Å². The van der Waals surface area contributed by atoms with Crippen LogP contribution in [0.5, 0.6) is 5.75 Å². The summed E-state index contributed by atoms with van der Waals surface area (Å²) in [6.45, 7) is 2.10.